The van der Waals surface area contributed by atoms with Gasteiger partial charge in [-0.2, -0.15) is 4.99 Å². The van der Waals surface area contributed by atoms with Crippen molar-refractivity contribution < 1.29 is 9.18 Å². The molecule has 0 unspecified atom stereocenters. The highest BCUT2D eigenvalue weighted by Gasteiger charge is 2.16. The monoisotopic (exact) mass is 356 g/mol. The molecule has 126 valence electrons. The van der Waals surface area contributed by atoms with Crippen molar-refractivity contribution in [2.24, 2.45) is 16.5 Å². The second-order valence-electron chi connectivity index (χ2n) is 5.49. The molecule has 1 amide bonds. The average Bonchev–Trinajstić information content (AvgIpc) is 2.54. The molecule has 1 aromatic heterocycles. The summed E-state index contributed by atoms with van der Waals surface area (Å²) in [5, 5.41) is 0.856. The summed E-state index contributed by atoms with van der Waals surface area (Å²) in [6, 6.07) is 9.34. The summed E-state index contributed by atoms with van der Waals surface area (Å²) in [6.07, 6.45) is 1.57. The number of nitrogens with zero attached hydrogens (tertiary/aromatic N) is 2. The summed E-state index contributed by atoms with van der Waals surface area (Å²) in [7, 11) is 0. The van der Waals surface area contributed by atoms with E-state index in [1.807, 2.05) is 0 Å². The van der Waals surface area contributed by atoms with Crippen LogP contribution in [0.3, 0.4) is 0 Å². The molecule has 2 aromatic carbocycles. The highest BCUT2D eigenvalue weighted by molar-refractivity contribution is 6.33. The number of hydrogen-bond acceptors (Lipinski definition) is 2. The molecule has 3 rings (SSSR count). The zero-order valence-corrected chi connectivity index (χ0v) is 14.0. The number of aryl methyl sites for hydroxylation is 1. The maximum Gasteiger partial charge on any atom is 0.280 e. The zero-order valence-electron chi connectivity index (χ0n) is 13.3. The standard InChI is InChI=1S/C18H14ClFN4O/c1-9-7-10(17(25)24-18(21)22)8-12-11(5-6-23-16(9)12)15-13(19)3-2-4-14(15)20/h2-8H,1H3,(H4,21,22,24,25). The third-order valence-electron chi connectivity index (χ3n) is 3.75. The van der Waals surface area contributed by atoms with E-state index >= 15 is 0 Å². The molecular weight excluding hydrogens is 343 g/mol. The van der Waals surface area contributed by atoms with Gasteiger partial charge in [0.25, 0.3) is 5.91 Å². The van der Waals surface area contributed by atoms with Crippen LogP contribution in [-0.4, -0.2) is 16.9 Å². The molecule has 0 saturated heterocycles. The minimum Gasteiger partial charge on any atom is -0.370 e. The van der Waals surface area contributed by atoms with Gasteiger partial charge in [-0.1, -0.05) is 17.7 Å². The Labute approximate surface area is 148 Å². The van der Waals surface area contributed by atoms with Crippen molar-refractivity contribution in [3.8, 4) is 11.1 Å². The van der Waals surface area contributed by atoms with Gasteiger partial charge in [-0.05, 0) is 48.4 Å². The van der Waals surface area contributed by atoms with E-state index in [0.717, 1.165) is 5.56 Å². The van der Waals surface area contributed by atoms with Gasteiger partial charge in [-0.3, -0.25) is 9.78 Å². The Kier molecular flexibility index (Phi) is 4.37. The predicted molar refractivity (Wildman–Crippen MR) is 97.0 cm³/mol. The molecule has 0 spiro atoms. The number of halogens is 2. The molecule has 0 saturated carbocycles. The third kappa shape index (κ3) is 3.16. The van der Waals surface area contributed by atoms with Gasteiger partial charge in [-0.25, -0.2) is 4.39 Å². The number of amides is 1. The Bertz CT molecular complexity index is 1010. The Balaban J connectivity index is 2.33. The fourth-order valence-corrected chi connectivity index (χ4v) is 2.98. The molecule has 0 radical (unpaired) electrons. The van der Waals surface area contributed by atoms with Crippen LogP contribution >= 0.6 is 11.6 Å². The largest absolute Gasteiger partial charge is 0.370 e. The molecular formula is C18H14ClFN4O. The van der Waals surface area contributed by atoms with Crippen LogP contribution in [0.15, 0.2) is 47.6 Å². The third-order valence-corrected chi connectivity index (χ3v) is 4.06. The predicted octanol–water partition coefficient (Wildman–Crippen LogP) is 3.42. The van der Waals surface area contributed by atoms with Crippen LogP contribution in [0.4, 0.5) is 4.39 Å². The number of aliphatic imine (C=N–C) groups is 1. The van der Waals surface area contributed by atoms with Crippen molar-refractivity contribution in [3.63, 3.8) is 0 Å². The highest BCUT2D eigenvalue weighted by atomic mass is 35.5. The first-order chi connectivity index (χ1) is 11.9. The van der Waals surface area contributed by atoms with Crippen molar-refractivity contribution in [2.45, 2.75) is 6.92 Å². The van der Waals surface area contributed by atoms with Gasteiger partial charge in [0.05, 0.1) is 10.5 Å². The minimum absolute atomic E-state index is 0.252. The number of rotatable bonds is 2. The first kappa shape index (κ1) is 16.9. The fourth-order valence-electron chi connectivity index (χ4n) is 2.71. The van der Waals surface area contributed by atoms with E-state index in [9.17, 15) is 9.18 Å². The number of fused-ring (bicyclic) bond motifs is 1. The van der Waals surface area contributed by atoms with Crippen LogP contribution < -0.4 is 11.5 Å². The van der Waals surface area contributed by atoms with Crippen LogP contribution in [0.2, 0.25) is 5.02 Å². The number of guanidine groups is 1. The van der Waals surface area contributed by atoms with E-state index in [1.54, 1.807) is 37.4 Å². The van der Waals surface area contributed by atoms with E-state index in [0.29, 0.717) is 16.5 Å². The zero-order chi connectivity index (χ0) is 18.1. The topological polar surface area (TPSA) is 94.4 Å². The molecule has 3 aromatic rings. The molecule has 0 bridgehead atoms. The number of nitrogens with two attached hydrogens (primary N) is 2. The van der Waals surface area contributed by atoms with Gasteiger partial charge in [0, 0.05) is 22.7 Å². The summed E-state index contributed by atoms with van der Waals surface area (Å²) >= 11 is 6.19. The number of carbonyl (C=O) groups excluding carboxylic acids is 1. The van der Waals surface area contributed by atoms with Crippen LogP contribution in [-0.2, 0) is 0 Å². The van der Waals surface area contributed by atoms with Crippen LogP contribution in [0.5, 0.6) is 0 Å². The molecule has 5 nitrogen and oxygen atoms in total. The second-order valence-corrected chi connectivity index (χ2v) is 5.89. The summed E-state index contributed by atoms with van der Waals surface area (Å²) in [5.74, 6) is -1.37. The lowest BCUT2D eigenvalue weighted by atomic mass is 9.97. The summed E-state index contributed by atoms with van der Waals surface area (Å²) in [6.45, 7) is 1.80. The molecule has 7 heteroatoms. The van der Waals surface area contributed by atoms with Gasteiger partial charge < -0.3 is 11.5 Å². The molecule has 0 aliphatic heterocycles. The smallest absolute Gasteiger partial charge is 0.280 e. The Morgan fingerprint density at radius 1 is 1.24 bits per heavy atom. The summed E-state index contributed by atoms with van der Waals surface area (Å²) in [5.41, 5.74) is 13.0. The lowest BCUT2D eigenvalue weighted by molar-refractivity contribution is 0.100. The molecule has 0 atom stereocenters. The number of hydrogen-bond donors (Lipinski definition) is 2. The number of pyridine rings is 1. The normalized spacial score (nSPS) is 10.7. The first-order valence-corrected chi connectivity index (χ1v) is 7.74. The lowest BCUT2D eigenvalue weighted by Gasteiger charge is -2.12. The summed E-state index contributed by atoms with van der Waals surface area (Å²) < 4.78 is 14.4. The fraction of sp³-hybridized carbons (Fsp3) is 0.0556. The van der Waals surface area contributed by atoms with Gasteiger partial charge >= 0.3 is 0 Å². The SMILES string of the molecule is Cc1cc(C(=O)N=C(N)N)cc2c(-c3c(F)cccc3Cl)ccnc12. The van der Waals surface area contributed by atoms with Gasteiger partial charge in [-0.15, -0.1) is 0 Å². The maximum atomic E-state index is 14.4. The average molecular weight is 357 g/mol. The van der Waals surface area contributed by atoms with Gasteiger partial charge in [0.1, 0.15) is 5.82 Å². The molecule has 0 aliphatic carbocycles. The van der Waals surface area contributed by atoms with Crippen LogP contribution in [0.25, 0.3) is 22.0 Å². The minimum atomic E-state index is -0.584. The van der Waals surface area contributed by atoms with Crippen molar-refractivity contribution in [1.82, 2.24) is 4.98 Å². The summed E-state index contributed by atoms with van der Waals surface area (Å²) in [4.78, 5) is 20.0. The van der Waals surface area contributed by atoms with Crippen molar-refractivity contribution in [3.05, 3.63) is 64.6 Å². The molecule has 0 fully saturated rings. The van der Waals surface area contributed by atoms with E-state index in [4.69, 9.17) is 23.1 Å². The molecule has 0 aliphatic rings. The van der Waals surface area contributed by atoms with Crippen molar-refractivity contribution in [2.75, 3.05) is 0 Å². The number of aromatic nitrogens is 1. The van der Waals surface area contributed by atoms with E-state index in [-0.39, 0.29) is 22.1 Å². The van der Waals surface area contributed by atoms with E-state index in [2.05, 4.69) is 9.98 Å². The lowest BCUT2D eigenvalue weighted by Crippen LogP contribution is -2.24. The number of carbonyl (C=O) groups is 1. The Morgan fingerprint density at radius 3 is 2.68 bits per heavy atom. The Hall–Kier alpha value is -2.99. The van der Waals surface area contributed by atoms with Crippen molar-refractivity contribution >= 4 is 34.4 Å². The quantitative estimate of drug-likeness (QED) is 0.543. The van der Waals surface area contributed by atoms with Crippen molar-refractivity contribution in [1.29, 1.82) is 0 Å². The first-order valence-electron chi connectivity index (χ1n) is 7.36. The second kappa shape index (κ2) is 6.49. The van der Waals surface area contributed by atoms with Gasteiger partial charge in [0.15, 0.2) is 5.96 Å². The van der Waals surface area contributed by atoms with Gasteiger partial charge in [0.2, 0.25) is 0 Å². The molecule has 1 heterocycles. The number of benzene rings is 2. The van der Waals surface area contributed by atoms with Crippen LogP contribution in [0.1, 0.15) is 15.9 Å². The maximum absolute atomic E-state index is 14.4. The molecule has 25 heavy (non-hydrogen) atoms. The van der Waals surface area contributed by atoms with E-state index < -0.39 is 11.7 Å². The van der Waals surface area contributed by atoms with Crippen LogP contribution in [0, 0.1) is 12.7 Å². The Morgan fingerprint density at radius 2 is 2.00 bits per heavy atom. The highest BCUT2D eigenvalue weighted by Crippen LogP contribution is 2.36. The van der Waals surface area contributed by atoms with E-state index in [1.165, 1.54) is 12.1 Å². The molecule has 4 N–H and O–H groups in total.